The average molecular weight is 102 g/mol. The topological polar surface area (TPSA) is 44.6 Å². The molecule has 0 aromatic carbocycles. The highest BCUT2D eigenvalue weighted by Crippen LogP contribution is 1.66. The minimum Gasteiger partial charge on any atom is -0.373 e. The van der Waals surface area contributed by atoms with Crippen LogP contribution in [-0.4, -0.2) is 17.5 Å². The molecule has 0 aromatic heterocycles. The van der Waals surface area contributed by atoms with E-state index in [4.69, 9.17) is 5.11 Å². The van der Waals surface area contributed by atoms with Crippen LogP contribution in [0, 0.1) is 0 Å². The van der Waals surface area contributed by atoms with Crippen molar-refractivity contribution in [1.82, 2.24) is 5.43 Å². The molecule has 0 heterocycles. The largest absolute Gasteiger partial charge is 0.373 e. The molecule has 0 bridgehead atoms. The van der Waals surface area contributed by atoms with Gasteiger partial charge in [-0.05, 0) is 13.8 Å². The van der Waals surface area contributed by atoms with Crippen molar-refractivity contribution in [3.8, 4) is 0 Å². The predicted molar refractivity (Wildman–Crippen MR) is 29.0 cm³/mol. The Kier molecular flexibility index (Phi) is 3.32. The molecule has 0 radical (unpaired) electrons. The SMILES string of the molecule is C/C=N\NC(C)O. The van der Waals surface area contributed by atoms with Gasteiger partial charge in [0.1, 0.15) is 6.23 Å². The lowest BCUT2D eigenvalue weighted by molar-refractivity contribution is 0.159. The summed E-state index contributed by atoms with van der Waals surface area (Å²) in [6.45, 7) is 3.38. The van der Waals surface area contributed by atoms with Crippen LogP contribution in [0.15, 0.2) is 5.10 Å². The van der Waals surface area contributed by atoms with Crippen molar-refractivity contribution in [1.29, 1.82) is 0 Å². The van der Waals surface area contributed by atoms with Gasteiger partial charge in [0, 0.05) is 6.21 Å². The van der Waals surface area contributed by atoms with Crippen LogP contribution in [-0.2, 0) is 0 Å². The second-order valence-corrected chi connectivity index (χ2v) is 1.19. The highest BCUT2D eigenvalue weighted by atomic mass is 16.3. The predicted octanol–water partition coefficient (Wildman–Crippen LogP) is -0.0800. The zero-order valence-electron chi connectivity index (χ0n) is 4.55. The molecule has 1 unspecified atom stereocenters. The third kappa shape index (κ3) is 5.43. The molecule has 2 N–H and O–H groups in total. The van der Waals surface area contributed by atoms with Crippen LogP contribution >= 0.6 is 0 Å². The zero-order valence-corrected chi connectivity index (χ0v) is 4.55. The lowest BCUT2D eigenvalue weighted by Crippen LogP contribution is -2.18. The van der Waals surface area contributed by atoms with Gasteiger partial charge in [-0.15, -0.1) is 0 Å². The summed E-state index contributed by atoms with van der Waals surface area (Å²) in [5, 5.41) is 12.0. The molecule has 0 rings (SSSR count). The van der Waals surface area contributed by atoms with Crippen LogP contribution < -0.4 is 5.43 Å². The standard InChI is InChI=1S/C4H10N2O/c1-3-5-6-4(2)7/h3-4,6-7H,1-2H3/b5-3-. The van der Waals surface area contributed by atoms with Gasteiger partial charge in [-0.25, -0.2) is 0 Å². The fraction of sp³-hybridized carbons (Fsp3) is 0.750. The molecular weight excluding hydrogens is 92.1 g/mol. The summed E-state index contributed by atoms with van der Waals surface area (Å²) in [6.07, 6.45) is 1.03. The van der Waals surface area contributed by atoms with Crippen LogP contribution in [0.5, 0.6) is 0 Å². The van der Waals surface area contributed by atoms with Crippen molar-refractivity contribution < 1.29 is 5.11 Å². The van der Waals surface area contributed by atoms with E-state index < -0.39 is 6.23 Å². The van der Waals surface area contributed by atoms with Gasteiger partial charge in [-0.1, -0.05) is 0 Å². The Morgan fingerprint density at radius 3 is 2.57 bits per heavy atom. The molecule has 0 saturated carbocycles. The van der Waals surface area contributed by atoms with Crippen LogP contribution in [0.2, 0.25) is 0 Å². The first-order chi connectivity index (χ1) is 3.27. The Bertz CT molecular complexity index is 60.7. The third-order valence-corrected chi connectivity index (χ3v) is 0.390. The monoisotopic (exact) mass is 102 g/mol. The summed E-state index contributed by atoms with van der Waals surface area (Å²) in [4.78, 5) is 0. The molecule has 0 aliphatic rings. The molecule has 1 atom stereocenters. The smallest absolute Gasteiger partial charge is 0.136 e. The number of hydrogen-bond donors (Lipinski definition) is 2. The Balaban J connectivity index is 2.97. The molecule has 42 valence electrons. The number of rotatable bonds is 2. The molecule has 3 heteroatoms. The van der Waals surface area contributed by atoms with Crippen molar-refractivity contribution in [2.45, 2.75) is 20.1 Å². The van der Waals surface area contributed by atoms with Gasteiger partial charge in [-0.2, -0.15) is 5.10 Å². The van der Waals surface area contributed by atoms with Gasteiger partial charge < -0.3 is 5.11 Å². The summed E-state index contributed by atoms with van der Waals surface area (Å²) >= 11 is 0. The summed E-state index contributed by atoms with van der Waals surface area (Å²) < 4.78 is 0. The lowest BCUT2D eigenvalue weighted by Gasteiger charge is -1.98. The number of aliphatic hydroxyl groups excluding tert-OH is 1. The molecule has 0 amide bonds. The highest BCUT2D eigenvalue weighted by molar-refractivity contribution is 5.52. The van der Waals surface area contributed by atoms with Gasteiger partial charge in [0.2, 0.25) is 0 Å². The van der Waals surface area contributed by atoms with Gasteiger partial charge in [0.25, 0.3) is 0 Å². The molecule has 0 aliphatic heterocycles. The second-order valence-electron chi connectivity index (χ2n) is 1.19. The van der Waals surface area contributed by atoms with E-state index in [9.17, 15) is 0 Å². The van der Waals surface area contributed by atoms with Crippen LogP contribution in [0.4, 0.5) is 0 Å². The first-order valence-corrected chi connectivity index (χ1v) is 2.18. The Morgan fingerprint density at radius 1 is 1.86 bits per heavy atom. The first-order valence-electron chi connectivity index (χ1n) is 2.18. The average Bonchev–Trinajstić information content (AvgIpc) is 1.61. The van der Waals surface area contributed by atoms with E-state index in [0.717, 1.165) is 0 Å². The van der Waals surface area contributed by atoms with Crippen molar-refractivity contribution in [2.24, 2.45) is 5.10 Å². The number of hydrogen-bond acceptors (Lipinski definition) is 3. The molecule has 0 spiro atoms. The van der Waals surface area contributed by atoms with E-state index in [1.165, 1.54) is 0 Å². The van der Waals surface area contributed by atoms with Gasteiger partial charge in [-0.3, -0.25) is 5.43 Å². The fourth-order valence-corrected chi connectivity index (χ4v) is 0.182. The maximum atomic E-state index is 8.46. The normalized spacial score (nSPS) is 14.7. The molecule has 3 nitrogen and oxygen atoms in total. The van der Waals surface area contributed by atoms with Gasteiger partial charge in [0.05, 0.1) is 0 Å². The van der Waals surface area contributed by atoms with Crippen LogP contribution in [0.3, 0.4) is 0 Å². The van der Waals surface area contributed by atoms with E-state index in [1.807, 2.05) is 0 Å². The van der Waals surface area contributed by atoms with Crippen molar-refractivity contribution in [2.75, 3.05) is 0 Å². The van der Waals surface area contributed by atoms with E-state index in [-0.39, 0.29) is 0 Å². The van der Waals surface area contributed by atoms with E-state index in [2.05, 4.69) is 10.5 Å². The van der Waals surface area contributed by atoms with Gasteiger partial charge >= 0.3 is 0 Å². The summed E-state index contributed by atoms with van der Waals surface area (Å²) in [5.74, 6) is 0. The number of nitrogens with one attached hydrogen (secondary N) is 1. The minimum atomic E-state index is -0.545. The van der Waals surface area contributed by atoms with Crippen LogP contribution in [0.1, 0.15) is 13.8 Å². The highest BCUT2D eigenvalue weighted by Gasteiger charge is 1.82. The Labute approximate surface area is 43.0 Å². The minimum absolute atomic E-state index is 0.545. The molecule has 0 aliphatic carbocycles. The third-order valence-electron chi connectivity index (χ3n) is 0.390. The maximum absolute atomic E-state index is 8.46. The quantitative estimate of drug-likeness (QED) is 0.291. The number of hydrazone groups is 1. The summed E-state index contributed by atoms with van der Waals surface area (Å²) in [7, 11) is 0. The Hall–Kier alpha value is -0.570. The van der Waals surface area contributed by atoms with Crippen molar-refractivity contribution in [3.05, 3.63) is 0 Å². The second kappa shape index (κ2) is 3.61. The lowest BCUT2D eigenvalue weighted by atomic mass is 10.7. The number of nitrogens with zero attached hydrogens (tertiary/aromatic N) is 1. The number of aliphatic hydroxyl groups is 1. The molecule has 7 heavy (non-hydrogen) atoms. The van der Waals surface area contributed by atoms with E-state index >= 15 is 0 Å². The summed E-state index contributed by atoms with van der Waals surface area (Å²) in [5.41, 5.74) is 2.42. The van der Waals surface area contributed by atoms with E-state index in [1.54, 1.807) is 20.1 Å². The molecular formula is C4H10N2O. The molecule has 0 aromatic rings. The van der Waals surface area contributed by atoms with Crippen molar-refractivity contribution >= 4 is 6.21 Å². The maximum Gasteiger partial charge on any atom is 0.136 e. The summed E-state index contributed by atoms with van der Waals surface area (Å²) in [6, 6.07) is 0. The van der Waals surface area contributed by atoms with Crippen LogP contribution in [0.25, 0.3) is 0 Å². The zero-order chi connectivity index (χ0) is 5.70. The fourth-order valence-electron chi connectivity index (χ4n) is 0.182. The van der Waals surface area contributed by atoms with E-state index in [0.29, 0.717) is 0 Å². The molecule has 0 fully saturated rings. The Morgan fingerprint density at radius 2 is 2.43 bits per heavy atom. The molecule has 0 saturated heterocycles. The van der Waals surface area contributed by atoms with Gasteiger partial charge in [0.15, 0.2) is 0 Å². The first kappa shape index (κ1) is 6.43. The van der Waals surface area contributed by atoms with Crippen molar-refractivity contribution in [3.63, 3.8) is 0 Å².